The second kappa shape index (κ2) is 5.18. The fraction of sp³-hybridized carbons (Fsp3) is 0.417. The number of nitrogens with two attached hydrogens (primary N) is 1. The molecule has 0 spiro atoms. The molecule has 0 saturated heterocycles. The lowest BCUT2D eigenvalue weighted by Crippen LogP contribution is -2.43. The Kier molecular flexibility index (Phi) is 3.77. The van der Waals surface area contributed by atoms with Crippen LogP contribution in [0.5, 0.6) is 5.75 Å². The average molecular weight is 285 g/mol. The van der Waals surface area contributed by atoms with Crippen LogP contribution in [-0.2, 0) is 19.4 Å². The third-order valence-electron chi connectivity index (χ3n) is 3.09. The van der Waals surface area contributed by atoms with E-state index in [-0.39, 0.29) is 6.61 Å². The molecule has 0 fully saturated rings. The van der Waals surface area contributed by atoms with Gasteiger partial charge in [-0.15, -0.1) is 0 Å². The van der Waals surface area contributed by atoms with Crippen molar-refractivity contribution >= 4 is 15.8 Å². The largest absolute Gasteiger partial charge is 0.492 e. The Morgan fingerprint density at radius 1 is 1.47 bits per heavy atom. The Morgan fingerprint density at radius 2 is 2.16 bits per heavy atom. The van der Waals surface area contributed by atoms with Crippen molar-refractivity contribution in [3.05, 3.63) is 29.8 Å². The van der Waals surface area contributed by atoms with Crippen LogP contribution in [0.15, 0.2) is 24.3 Å². The zero-order chi connectivity index (χ0) is 14.0. The maximum atomic E-state index is 12.1. The molecule has 7 heteroatoms. The van der Waals surface area contributed by atoms with Gasteiger partial charge in [0.1, 0.15) is 23.4 Å². The van der Waals surface area contributed by atoms with Crippen LogP contribution in [0.25, 0.3) is 0 Å². The standard InChI is InChI=1S/C12H15NO5S/c1-17-11(14)7-19(15,16)10-6-18-9-5-3-2-4-8(9)12(10)13/h2-5,10,12H,6-7,13H2,1H3. The van der Waals surface area contributed by atoms with Crippen molar-refractivity contribution in [1.29, 1.82) is 0 Å². The van der Waals surface area contributed by atoms with Crippen LogP contribution in [-0.4, -0.2) is 39.1 Å². The molecule has 2 unspecified atom stereocenters. The average Bonchev–Trinajstić information content (AvgIpc) is 2.38. The molecular weight excluding hydrogens is 270 g/mol. The fourth-order valence-electron chi connectivity index (χ4n) is 2.02. The third kappa shape index (κ3) is 2.71. The van der Waals surface area contributed by atoms with Crippen LogP contribution < -0.4 is 10.5 Å². The van der Waals surface area contributed by atoms with E-state index < -0.39 is 32.9 Å². The topological polar surface area (TPSA) is 95.7 Å². The summed E-state index contributed by atoms with van der Waals surface area (Å²) in [5, 5.41) is -0.943. The smallest absolute Gasteiger partial charge is 0.320 e. The SMILES string of the molecule is COC(=O)CS(=O)(=O)C1COc2ccccc2C1N. The van der Waals surface area contributed by atoms with E-state index in [1.54, 1.807) is 24.3 Å². The number of sulfone groups is 1. The Morgan fingerprint density at radius 3 is 2.84 bits per heavy atom. The van der Waals surface area contributed by atoms with E-state index in [2.05, 4.69) is 4.74 Å². The zero-order valence-corrected chi connectivity index (χ0v) is 11.2. The van der Waals surface area contributed by atoms with Gasteiger partial charge in [-0.25, -0.2) is 8.42 Å². The van der Waals surface area contributed by atoms with E-state index in [0.717, 1.165) is 7.11 Å². The number of methoxy groups -OCH3 is 1. The molecule has 1 aliphatic rings. The van der Waals surface area contributed by atoms with Gasteiger partial charge in [-0.2, -0.15) is 0 Å². The molecule has 2 rings (SSSR count). The highest BCUT2D eigenvalue weighted by Gasteiger charge is 2.38. The van der Waals surface area contributed by atoms with Crippen molar-refractivity contribution < 1.29 is 22.7 Å². The lowest BCUT2D eigenvalue weighted by atomic mass is 10.0. The van der Waals surface area contributed by atoms with E-state index >= 15 is 0 Å². The van der Waals surface area contributed by atoms with Crippen molar-refractivity contribution in [3.8, 4) is 5.75 Å². The van der Waals surface area contributed by atoms with Crippen molar-refractivity contribution in [2.24, 2.45) is 5.73 Å². The van der Waals surface area contributed by atoms with Gasteiger partial charge in [-0.3, -0.25) is 4.79 Å². The van der Waals surface area contributed by atoms with Crippen LogP contribution in [0, 0.1) is 0 Å². The van der Waals surface area contributed by atoms with Gasteiger partial charge in [0.05, 0.1) is 13.2 Å². The fourth-order valence-corrected chi connectivity index (χ4v) is 3.55. The lowest BCUT2D eigenvalue weighted by Gasteiger charge is -2.30. The number of hydrogen-bond acceptors (Lipinski definition) is 6. The number of carbonyl (C=O) groups is 1. The third-order valence-corrected chi connectivity index (χ3v) is 5.08. The predicted octanol–water partition coefficient (Wildman–Crippen LogP) is 0.0352. The number of para-hydroxylation sites is 1. The lowest BCUT2D eigenvalue weighted by molar-refractivity contribution is -0.137. The van der Waals surface area contributed by atoms with E-state index in [4.69, 9.17) is 10.5 Å². The van der Waals surface area contributed by atoms with E-state index in [0.29, 0.717) is 11.3 Å². The summed E-state index contributed by atoms with van der Waals surface area (Å²) in [5.41, 5.74) is 6.61. The van der Waals surface area contributed by atoms with Gasteiger partial charge in [0, 0.05) is 5.56 Å². The molecular formula is C12H15NO5S. The number of ether oxygens (including phenoxy) is 2. The first-order chi connectivity index (χ1) is 8.95. The molecule has 0 aromatic heterocycles. The molecule has 6 nitrogen and oxygen atoms in total. The molecule has 1 heterocycles. The maximum Gasteiger partial charge on any atom is 0.320 e. The molecule has 0 aliphatic carbocycles. The maximum absolute atomic E-state index is 12.1. The number of hydrogen-bond donors (Lipinski definition) is 1. The molecule has 0 bridgehead atoms. The zero-order valence-electron chi connectivity index (χ0n) is 10.4. The van der Waals surface area contributed by atoms with Crippen LogP contribution in [0.4, 0.5) is 0 Å². The number of esters is 1. The summed E-state index contributed by atoms with van der Waals surface area (Å²) in [6, 6.07) is 6.30. The van der Waals surface area contributed by atoms with Gasteiger partial charge in [0.25, 0.3) is 0 Å². The Labute approximate surface area is 111 Å². The van der Waals surface area contributed by atoms with Crippen molar-refractivity contribution in [2.45, 2.75) is 11.3 Å². The van der Waals surface area contributed by atoms with E-state index in [1.807, 2.05) is 0 Å². The minimum Gasteiger partial charge on any atom is -0.492 e. The summed E-state index contributed by atoms with van der Waals surface area (Å²) in [5.74, 6) is -0.904. The number of rotatable bonds is 3. The van der Waals surface area contributed by atoms with E-state index in [1.165, 1.54) is 0 Å². The molecule has 0 radical (unpaired) electrons. The second-order valence-corrected chi connectivity index (χ2v) is 6.52. The van der Waals surface area contributed by atoms with Crippen molar-refractivity contribution in [2.75, 3.05) is 19.5 Å². The quantitative estimate of drug-likeness (QED) is 0.787. The number of benzene rings is 1. The molecule has 0 saturated carbocycles. The summed E-state index contributed by atoms with van der Waals surface area (Å²) in [7, 11) is -2.57. The number of carbonyl (C=O) groups excluding carboxylic acids is 1. The first-order valence-electron chi connectivity index (χ1n) is 5.71. The second-order valence-electron chi connectivity index (χ2n) is 4.30. The molecule has 1 aromatic rings. The molecule has 2 N–H and O–H groups in total. The number of fused-ring (bicyclic) bond motifs is 1. The van der Waals surface area contributed by atoms with Crippen molar-refractivity contribution in [3.63, 3.8) is 0 Å². The van der Waals surface area contributed by atoms with Gasteiger partial charge in [0.15, 0.2) is 9.84 Å². The normalized spacial score (nSPS) is 22.2. The van der Waals surface area contributed by atoms with Crippen LogP contribution in [0.2, 0.25) is 0 Å². The molecule has 1 aromatic carbocycles. The summed E-state index contributed by atoms with van der Waals surface area (Å²) < 4.78 is 34.0. The monoisotopic (exact) mass is 285 g/mol. The van der Waals surface area contributed by atoms with Gasteiger partial charge < -0.3 is 15.2 Å². The predicted molar refractivity (Wildman–Crippen MR) is 68.5 cm³/mol. The minimum absolute atomic E-state index is 0.0580. The molecule has 19 heavy (non-hydrogen) atoms. The summed E-state index contributed by atoms with van der Waals surface area (Å²) in [4.78, 5) is 11.1. The Balaban J connectivity index is 2.27. The van der Waals surface area contributed by atoms with Crippen LogP contribution in [0.3, 0.4) is 0 Å². The van der Waals surface area contributed by atoms with Gasteiger partial charge in [-0.1, -0.05) is 18.2 Å². The molecule has 104 valence electrons. The van der Waals surface area contributed by atoms with Gasteiger partial charge >= 0.3 is 5.97 Å². The highest BCUT2D eigenvalue weighted by atomic mass is 32.2. The Bertz CT molecular complexity index is 584. The minimum atomic E-state index is -3.71. The highest BCUT2D eigenvalue weighted by molar-refractivity contribution is 7.92. The van der Waals surface area contributed by atoms with E-state index in [9.17, 15) is 13.2 Å². The van der Waals surface area contributed by atoms with Gasteiger partial charge in [0.2, 0.25) is 0 Å². The highest BCUT2D eigenvalue weighted by Crippen LogP contribution is 2.33. The summed E-state index contributed by atoms with van der Waals surface area (Å²) in [6.45, 7) is -0.0580. The Hall–Kier alpha value is -1.60. The van der Waals surface area contributed by atoms with Crippen molar-refractivity contribution in [1.82, 2.24) is 0 Å². The summed E-state index contributed by atoms with van der Waals surface area (Å²) in [6.07, 6.45) is 0. The molecule has 2 atom stereocenters. The van der Waals surface area contributed by atoms with Crippen LogP contribution >= 0.6 is 0 Å². The van der Waals surface area contributed by atoms with Crippen LogP contribution in [0.1, 0.15) is 11.6 Å². The van der Waals surface area contributed by atoms with Gasteiger partial charge in [-0.05, 0) is 6.07 Å². The summed E-state index contributed by atoms with van der Waals surface area (Å²) >= 11 is 0. The first kappa shape index (κ1) is 13.8. The molecule has 0 amide bonds. The molecule has 1 aliphatic heterocycles. The first-order valence-corrected chi connectivity index (χ1v) is 7.43.